The second-order valence-corrected chi connectivity index (χ2v) is 7.69. The van der Waals surface area contributed by atoms with Gasteiger partial charge in [0.05, 0.1) is 5.52 Å². The lowest BCUT2D eigenvalue weighted by Gasteiger charge is -2.23. The average Bonchev–Trinajstić information content (AvgIpc) is 2.98. The van der Waals surface area contributed by atoms with Crippen LogP contribution in [0.1, 0.15) is 22.4 Å². The van der Waals surface area contributed by atoms with Crippen molar-refractivity contribution in [2.45, 2.75) is 19.9 Å². The molecule has 0 amide bonds. The summed E-state index contributed by atoms with van der Waals surface area (Å²) < 4.78 is 2.42. The van der Waals surface area contributed by atoms with Crippen molar-refractivity contribution in [1.29, 1.82) is 0 Å². The molecule has 0 saturated heterocycles. The zero-order chi connectivity index (χ0) is 18.4. The lowest BCUT2D eigenvalue weighted by Crippen LogP contribution is -2.26. The Hall–Kier alpha value is -2.84. The topological polar surface area (TPSA) is 8.17 Å². The fraction of sp³-hybridized carbons (Fsp3) is 0.200. The van der Waals surface area contributed by atoms with Gasteiger partial charge in [-0.1, -0.05) is 54.1 Å². The van der Waals surface area contributed by atoms with Crippen molar-refractivity contribution in [3.05, 3.63) is 83.0 Å². The highest BCUT2D eigenvalue weighted by Crippen LogP contribution is 2.32. The van der Waals surface area contributed by atoms with E-state index in [1.165, 1.54) is 44.1 Å². The maximum absolute atomic E-state index is 2.42. The molecule has 5 rings (SSSR count). The predicted molar refractivity (Wildman–Crippen MR) is 116 cm³/mol. The molecule has 0 atom stereocenters. The third-order valence-electron chi connectivity index (χ3n) is 5.76. The van der Waals surface area contributed by atoms with E-state index in [-0.39, 0.29) is 0 Å². The first-order valence-corrected chi connectivity index (χ1v) is 9.67. The fourth-order valence-electron chi connectivity index (χ4n) is 4.36. The Bertz CT molecular complexity index is 1170. The van der Waals surface area contributed by atoms with Crippen molar-refractivity contribution < 1.29 is 0 Å². The molecule has 0 saturated carbocycles. The van der Waals surface area contributed by atoms with E-state index >= 15 is 0 Å². The van der Waals surface area contributed by atoms with Crippen LogP contribution in [0.25, 0.3) is 34.0 Å². The van der Waals surface area contributed by atoms with Crippen LogP contribution in [0, 0.1) is 6.92 Å². The van der Waals surface area contributed by atoms with E-state index < -0.39 is 0 Å². The molecule has 134 valence electrons. The Morgan fingerprint density at radius 3 is 2.70 bits per heavy atom. The van der Waals surface area contributed by atoms with Gasteiger partial charge in [-0.3, -0.25) is 0 Å². The molecule has 0 N–H and O–H groups in total. The number of likely N-dealkylation sites (N-methyl/N-ethyl adjacent to an activating group) is 1. The Morgan fingerprint density at radius 1 is 0.926 bits per heavy atom. The second-order valence-electron chi connectivity index (χ2n) is 7.69. The lowest BCUT2D eigenvalue weighted by molar-refractivity contribution is 0.312. The van der Waals surface area contributed by atoms with E-state index in [1.807, 2.05) is 0 Å². The van der Waals surface area contributed by atoms with Crippen molar-refractivity contribution in [2.75, 3.05) is 13.6 Å². The number of hydrogen-bond donors (Lipinski definition) is 0. The number of aryl methyl sites for hydroxylation is 1. The summed E-state index contributed by atoms with van der Waals surface area (Å²) in [5.41, 5.74) is 6.87. The van der Waals surface area contributed by atoms with Gasteiger partial charge in [-0.05, 0) is 54.1 Å². The Balaban J connectivity index is 1.68. The Morgan fingerprint density at radius 2 is 1.78 bits per heavy atom. The standard InChI is InChI=1S/C25H24N2/c1-18-10-11-24-22(16-18)23-17-26(2)14-13-25(23)27(24)15-12-20-8-5-7-19-6-3-4-9-21(19)20/h3-12,15-16H,13-14,17H2,1-2H3/b15-12+. The highest BCUT2D eigenvalue weighted by atomic mass is 15.1. The summed E-state index contributed by atoms with van der Waals surface area (Å²) in [7, 11) is 2.22. The third-order valence-corrected chi connectivity index (χ3v) is 5.76. The van der Waals surface area contributed by atoms with Gasteiger partial charge in [-0.15, -0.1) is 0 Å². The predicted octanol–water partition coefficient (Wildman–Crippen LogP) is 5.72. The maximum Gasteiger partial charge on any atom is 0.0528 e. The SMILES string of the molecule is Cc1ccc2c(c1)c1c(n2/C=C/c2cccc3ccccc23)CCN(C)C1. The van der Waals surface area contributed by atoms with Gasteiger partial charge in [0.1, 0.15) is 0 Å². The minimum absolute atomic E-state index is 1.03. The smallest absolute Gasteiger partial charge is 0.0528 e. The van der Waals surface area contributed by atoms with Gasteiger partial charge in [-0.25, -0.2) is 0 Å². The van der Waals surface area contributed by atoms with Gasteiger partial charge >= 0.3 is 0 Å². The summed E-state index contributed by atoms with van der Waals surface area (Å²) in [6, 6.07) is 22.0. The molecule has 0 radical (unpaired) electrons. The largest absolute Gasteiger partial charge is 0.320 e. The highest BCUT2D eigenvalue weighted by molar-refractivity contribution is 5.93. The van der Waals surface area contributed by atoms with Crippen LogP contribution in [0.3, 0.4) is 0 Å². The van der Waals surface area contributed by atoms with Crippen molar-refractivity contribution >= 4 is 34.0 Å². The van der Waals surface area contributed by atoms with Crippen molar-refractivity contribution in [2.24, 2.45) is 0 Å². The van der Waals surface area contributed by atoms with Crippen LogP contribution in [0.2, 0.25) is 0 Å². The molecular weight excluding hydrogens is 328 g/mol. The summed E-state index contributed by atoms with van der Waals surface area (Å²) in [4.78, 5) is 2.42. The second kappa shape index (κ2) is 6.40. The molecule has 1 aliphatic rings. The first kappa shape index (κ1) is 16.3. The van der Waals surface area contributed by atoms with Crippen LogP contribution in [0.15, 0.2) is 60.7 Å². The minimum Gasteiger partial charge on any atom is -0.320 e. The molecule has 4 aromatic rings. The number of aromatic nitrogens is 1. The Kier molecular flexibility index (Phi) is 3.87. The van der Waals surface area contributed by atoms with Crippen LogP contribution in [0.4, 0.5) is 0 Å². The fourth-order valence-corrected chi connectivity index (χ4v) is 4.36. The molecule has 1 aliphatic heterocycles. The van der Waals surface area contributed by atoms with Crippen LogP contribution in [-0.4, -0.2) is 23.1 Å². The van der Waals surface area contributed by atoms with Gasteiger partial charge in [0, 0.05) is 36.8 Å². The first-order chi connectivity index (χ1) is 13.2. The minimum atomic E-state index is 1.03. The first-order valence-electron chi connectivity index (χ1n) is 9.67. The number of fused-ring (bicyclic) bond motifs is 4. The summed E-state index contributed by atoms with van der Waals surface area (Å²) in [6.45, 7) is 4.33. The van der Waals surface area contributed by atoms with Crippen molar-refractivity contribution in [3.8, 4) is 0 Å². The molecule has 2 nitrogen and oxygen atoms in total. The quantitative estimate of drug-likeness (QED) is 0.448. The van der Waals surface area contributed by atoms with E-state index in [9.17, 15) is 0 Å². The van der Waals surface area contributed by atoms with Crippen molar-refractivity contribution in [3.63, 3.8) is 0 Å². The molecule has 2 heteroatoms. The van der Waals surface area contributed by atoms with E-state index in [0.29, 0.717) is 0 Å². The molecule has 0 spiro atoms. The van der Waals surface area contributed by atoms with Gasteiger partial charge < -0.3 is 9.47 Å². The number of nitrogens with zero attached hydrogens (tertiary/aromatic N) is 2. The van der Waals surface area contributed by atoms with Gasteiger partial charge in [-0.2, -0.15) is 0 Å². The Labute approximate surface area is 160 Å². The van der Waals surface area contributed by atoms with Gasteiger partial charge in [0.25, 0.3) is 0 Å². The molecule has 0 aliphatic carbocycles. The van der Waals surface area contributed by atoms with E-state index in [2.05, 4.69) is 96.4 Å². The number of benzene rings is 3. The molecule has 3 aromatic carbocycles. The monoisotopic (exact) mass is 352 g/mol. The maximum atomic E-state index is 2.42. The van der Waals surface area contributed by atoms with Crippen LogP contribution < -0.4 is 0 Å². The third kappa shape index (κ3) is 2.77. The van der Waals surface area contributed by atoms with E-state index in [4.69, 9.17) is 0 Å². The van der Waals surface area contributed by atoms with Crippen LogP contribution in [0.5, 0.6) is 0 Å². The summed E-state index contributed by atoms with van der Waals surface area (Å²) >= 11 is 0. The summed E-state index contributed by atoms with van der Waals surface area (Å²) in [6.07, 6.45) is 5.63. The van der Waals surface area contributed by atoms with Gasteiger partial charge in [0.2, 0.25) is 0 Å². The lowest BCUT2D eigenvalue weighted by atomic mass is 10.0. The molecule has 1 aromatic heterocycles. The van der Waals surface area contributed by atoms with E-state index in [1.54, 1.807) is 0 Å². The molecule has 0 unspecified atom stereocenters. The molecule has 27 heavy (non-hydrogen) atoms. The molecule has 0 bridgehead atoms. The zero-order valence-electron chi connectivity index (χ0n) is 15.9. The average molecular weight is 352 g/mol. The number of hydrogen-bond acceptors (Lipinski definition) is 1. The molecular formula is C25H24N2. The van der Waals surface area contributed by atoms with E-state index in [0.717, 1.165) is 19.5 Å². The zero-order valence-corrected chi connectivity index (χ0v) is 15.9. The van der Waals surface area contributed by atoms with Crippen LogP contribution >= 0.6 is 0 Å². The van der Waals surface area contributed by atoms with Gasteiger partial charge in [0.15, 0.2) is 0 Å². The molecule has 2 heterocycles. The summed E-state index contributed by atoms with van der Waals surface area (Å²) in [5.74, 6) is 0. The van der Waals surface area contributed by atoms with Crippen molar-refractivity contribution in [1.82, 2.24) is 9.47 Å². The highest BCUT2D eigenvalue weighted by Gasteiger charge is 2.21. The normalized spacial score (nSPS) is 15.0. The van der Waals surface area contributed by atoms with Crippen LogP contribution in [-0.2, 0) is 13.0 Å². The molecule has 0 fully saturated rings. The number of rotatable bonds is 2. The summed E-state index contributed by atoms with van der Waals surface area (Å²) in [5, 5.41) is 3.99.